The predicted molar refractivity (Wildman–Crippen MR) is 145 cm³/mol. The second-order valence-corrected chi connectivity index (χ2v) is 9.36. The molecular formula is C32H26O8. The van der Waals surface area contributed by atoms with E-state index in [1.165, 1.54) is 0 Å². The van der Waals surface area contributed by atoms with Crippen molar-refractivity contribution in [3.8, 4) is 34.1 Å². The Balaban J connectivity index is 1.21. The number of hydrogen-bond acceptors (Lipinski definition) is 8. The Morgan fingerprint density at radius 3 is 1.68 bits per heavy atom. The van der Waals surface area contributed by atoms with Gasteiger partial charge < -0.3 is 28.4 Å². The SMILES string of the molecule is O=C(Oc1cccc(-c2ccccc2)c1OC(=O)c1ccc(OCC2CO2)cc1)c1ccc(OCC2CO2)cc1. The summed E-state index contributed by atoms with van der Waals surface area (Å²) in [7, 11) is 0. The van der Waals surface area contributed by atoms with Crippen LogP contribution in [0.25, 0.3) is 11.1 Å². The van der Waals surface area contributed by atoms with Gasteiger partial charge in [-0.15, -0.1) is 0 Å². The second-order valence-electron chi connectivity index (χ2n) is 9.36. The zero-order chi connectivity index (χ0) is 27.3. The van der Waals surface area contributed by atoms with Gasteiger partial charge in [0.05, 0.1) is 24.3 Å². The topological polar surface area (TPSA) is 96.1 Å². The highest BCUT2D eigenvalue weighted by Crippen LogP contribution is 2.39. The van der Waals surface area contributed by atoms with E-state index in [9.17, 15) is 9.59 Å². The third-order valence-electron chi connectivity index (χ3n) is 6.32. The van der Waals surface area contributed by atoms with Gasteiger partial charge in [0.15, 0.2) is 11.5 Å². The zero-order valence-corrected chi connectivity index (χ0v) is 21.5. The molecule has 2 fully saturated rings. The fourth-order valence-electron chi connectivity index (χ4n) is 3.94. The molecule has 2 aliphatic rings. The summed E-state index contributed by atoms with van der Waals surface area (Å²) in [5.41, 5.74) is 2.05. The van der Waals surface area contributed by atoms with Crippen molar-refractivity contribution in [3.63, 3.8) is 0 Å². The van der Waals surface area contributed by atoms with E-state index in [-0.39, 0.29) is 23.7 Å². The van der Waals surface area contributed by atoms with E-state index in [0.29, 0.717) is 54.6 Å². The number of carbonyl (C=O) groups is 2. The number of ether oxygens (including phenoxy) is 6. The number of carbonyl (C=O) groups excluding carboxylic acids is 2. The fourth-order valence-corrected chi connectivity index (χ4v) is 3.94. The van der Waals surface area contributed by atoms with Crippen LogP contribution in [0.15, 0.2) is 97.1 Å². The highest BCUT2D eigenvalue weighted by atomic mass is 16.6. The van der Waals surface area contributed by atoms with E-state index in [2.05, 4.69) is 0 Å². The first-order valence-electron chi connectivity index (χ1n) is 12.9. The van der Waals surface area contributed by atoms with Crippen LogP contribution in [0.4, 0.5) is 0 Å². The number of esters is 2. The summed E-state index contributed by atoms with van der Waals surface area (Å²) < 4.78 is 33.2. The summed E-state index contributed by atoms with van der Waals surface area (Å²) in [6, 6.07) is 27.9. The Morgan fingerprint density at radius 2 is 1.15 bits per heavy atom. The number of hydrogen-bond donors (Lipinski definition) is 0. The highest BCUT2D eigenvalue weighted by Gasteiger charge is 2.24. The fraction of sp³-hybridized carbons (Fsp3) is 0.188. The van der Waals surface area contributed by atoms with Gasteiger partial charge in [0.1, 0.15) is 36.9 Å². The van der Waals surface area contributed by atoms with Gasteiger partial charge in [-0.05, 0) is 60.2 Å². The van der Waals surface area contributed by atoms with E-state index < -0.39 is 11.9 Å². The Morgan fingerprint density at radius 1 is 0.625 bits per heavy atom. The number of epoxide rings is 2. The van der Waals surface area contributed by atoms with Gasteiger partial charge in [0.2, 0.25) is 0 Å². The summed E-state index contributed by atoms with van der Waals surface area (Å²) in [6.07, 6.45) is 0.269. The van der Waals surface area contributed by atoms with Crippen molar-refractivity contribution < 1.29 is 38.0 Å². The van der Waals surface area contributed by atoms with Gasteiger partial charge in [-0.1, -0.05) is 42.5 Å². The van der Waals surface area contributed by atoms with Crippen molar-refractivity contribution in [2.24, 2.45) is 0 Å². The average molecular weight is 539 g/mol. The smallest absolute Gasteiger partial charge is 0.343 e. The summed E-state index contributed by atoms with van der Waals surface area (Å²) in [5, 5.41) is 0. The predicted octanol–water partition coefficient (Wildman–Crippen LogP) is 5.35. The molecule has 0 radical (unpaired) electrons. The third kappa shape index (κ3) is 6.48. The molecule has 0 N–H and O–H groups in total. The average Bonchev–Trinajstić information content (AvgIpc) is 3.93. The lowest BCUT2D eigenvalue weighted by molar-refractivity contribution is 0.0683. The van der Waals surface area contributed by atoms with Gasteiger partial charge in [0, 0.05) is 5.56 Å². The summed E-state index contributed by atoms with van der Waals surface area (Å²) in [6.45, 7) is 2.34. The van der Waals surface area contributed by atoms with Crippen LogP contribution in [-0.2, 0) is 9.47 Å². The van der Waals surface area contributed by atoms with Crippen LogP contribution < -0.4 is 18.9 Å². The van der Waals surface area contributed by atoms with Crippen molar-refractivity contribution in [3.05, 3.63) is 108 Å². The Labute approximate surface area is 231 Å². The first kappa shape index (κ1) is 25.6. The molecule has 0 spiro atoms. The van der Waals surface area contributed by atoms with Crippen LogP contribution in [0, 0.1) is 0 Å². The highest BCUT2D eigenvalue weighted by molar-refractivity contribution is 5.95. The van der Waals surface area contributed by atoms with E-state index in [0.717, 1.165) is 5.56 Å². The Bertz CT molecular complexity index is 1470. The first-order valence-corrected chi connectivity index (χ1v) is 12.9. The summed E-state index contributed by atoms with van der Waals surface area (Å²) >= 11 is 0. The van der Waals surface area contributed by atoms with Gasteiger partial charge in [-0.2, -0.15) is 0 Å². The van der Waals surface area contributed by atoms with Crippen LogP contribution in [0.2, 0.25) is 0 Å². The van der Waals surface area contributed by atoms with Crippen molar-refractivity contribution in [2.45, 2.75) is 12.2 Å². The van der Waals surface area contributed by atoms with Gasteiger partial charge in [0.25, 0.3) is 0 Å². The molecule has 0 bridgehead atoms. The molecule has 2 atom stereocenters. The van der Waals surface area contributed by atoms with E-state index >= 15 is 0 Å². The van der Waals surface area contributed by atoms with Gasteiger partial charge in [-0.25, -0.2) is 9.59 Å². The molecule has 8 heteroatoms. The molecule has 4 aromatic rings. The van der Waals surface area contributed by atoms with E-state index in [4.69, 9.17) is 28.4 Å². The van der Waals surface area contributed by atoms with Gasteiger partial charge >= 0.3 is 11.9 Å². The molecule has 0 amide bonds. The number of benzene rings is 4. The normalized spacial score (nSPS) is 17.0. The van der Waals surface area contributed by atoms with E-state index in [1.54, 1.807) is 60.7 Å². The van der Waals surface area contributed by atoms with Crippen LogP contribution >= 0.6 is 0 Å². The van der Waals surface area contributed by atoms with Crippen LogP contribution in [0.5, 0.6) is 23.0 Å². The molecule has 4 aromatic carbocycles. The third-order valence-corrected chi connectivity index (χ3v) is 6.32. The van der Waals surface area contributed by atoms with Crippen LogP contribution in [0.3, 0.4) is 0 Å². The Hall–Kier alpha value is -4.66. The molecule has 0 aliphatic carbocycles. The first-order chi connectivity index (χ1) is 19.6. The van der Waals surface area contributed by atoms with Crippen molar-refractivity contribution in [2.75, 3.05) is 26.4 Å². The molecule has 2 aliphatic heterocycles. The minimum atomic E-state index is -0.598. The summed E-state index contributed by atoms with van der Waals surface area (Å²) in [4.78, 5) is 26.3. The lowest BCUT2D eigenvalue weighted by Crippen LogP contribution is -2.13. The lowest BCUT2D eigenvalue weighted by Gasteiger charge is -2.15. The molecule has 2 unspecified atom stereocenters. The van der Waals surface area contributed by atoms with Crippen molar-refractivity contribution >= 4 is 11.9 Å². The molecule has 40 heavy (non-hydrogen) atoms. The molecule has 2 saturated heterocycles. The molecule has 0 saturated carbocycles. The molecule has 6 rings (SSSR count). The lowest BCUT2D eigenvalue weighted by atomic mass is 10.0. The quantitative estimate of drug-likeness (QED) is 0.143. The molecule has 8 nitrogen and oxygen atoms in total. The largest absolute Gasteiger partial charge is 0.491 e. The molecule has 202 valence electrons. The standard InChI is InChI=1S/C32H26O8/c33-31(22-9-13-24(14-10-22)35-17-26-19-37-26)39-29-8-4-7-28(21-5-2-1-3-6-21)30(29)40-32(34)23-11-15-25(16-12-23)36-18-27-20-38-27/h1-16,26-27H,17-20H2. The van der Waals surface area contributed by atoms with Gasteiger partial charge in [-0.3, -0.25) is 0 Å². The second kappa shape index (κ2) is 11.6. The van der Waals surface area contributed by atoms with E-state index in [1.807, 2.05) is 36.4 Å². The summed E-state index contributed by atoms with van der Waals surface area (Å²) in [5.74, 6) is 0.325. The molecular weight excluding hydrogens is 512 g/mol. The number of rotatable bonds is 11. The van der Waals surface area contributed by atoms with Crippen molar-refractivity contribution in [1.82, 2.24) is 0 Å². The molecule has 2 heterocycles. The maximum absolute atomic E-state index is 13.2. The minimum absolute atomic E-state index is 0.121. The zero-order valence-electron chi connectivity index (χ0n) is 21.5. The number of para-hydroxylation sites is 1. The van der Waals surface area contributed by atoms with Crippen molar-refractivity contribution in [1.29, 1.82) is 0 Å². The maximum Gasteiger partial charge on any atom is 0.343 e. The van der Waals surface area contributed by atoms with Crippen LogP contribution in [0.1, 0.15) is 20.7 Å². The maximum atomic E-state index is 13.2. The Kier molecular flexibility index (Phi) is 7.43. The van der Waals surface area contributed by atoms with Crippen LogP contribution in [-0.4, -0.2) is 50.6 Å². The monoisotopic (exact) mass is 538 g/mol. The minimum Gasteiger partial charge on any atom is -0.491 e. The molecule has 0 aromatic heterocycles.